The lowest BCUT2D eigenvalue weighted by molar-refractivity contribution is 1.01. The van der Waals surface area contributed by atoms with Crippen LogP contribution < -0.4 is 20.4 Å². The third-order valence-electron chi connectivity index (χ3n) is 8.78. The lowest BCUT2D eigenvalue weighted by Crippen LogP contribution is -2.15. The summed E-state index contributed by atoms with van der Waals surface area (Å²) in [6, 6.07) is 27.0. The molecule has 0 unspecified atom stereocenters. The number of benzene rings is 4. The topological polar surface area (TPSA) is 78.1 Å². The fraction of sp³-hybridized carbons (Fsp3) is 0.366. The van der Waals surface area contributed by atoms with Crippen molar-refractivity contribution < 1.29 is 0 Å². The molecule has 0 saturated carbocycles. The van der Waals surface area contributed by atoms with Crippen LogP contribution in [-0.4, -0.2) is 41.3 Å². The zero-order chi connectivity index (χ0) is 34.1. The minimum atomic E-state index is 0.495. The summed E-state index contributed by atoms with van der Waals surface area (Å²) in [7, 11) is 8.38. The second kappa shape index (κ2) is 16.1. The highest BCUT2D eigenvalue weighted by Crippen LogP contribution is 2.45. The van der Waals surface area contributed by atoms with E-state index in [2.05, 4.69) is 149 Å². The zero-order valence-electron chi connectivity index (χ0n) is 29.5. The van der Waals surface area contributed by atoms with E-state index in [4.69, 9.17) is 0 Å². The molecule has 244 valence electrons. The van der Waals surface area contributed by atoms with Crippen LogP contribution in [0.3, 0.4) is 0 Å². The van der Waals surface area contributed by atoms with E-state index in [0.717, 1.165) is 55.1 Å². The molecule has 0 fully saturated rings. The molecule has 4 rings (SSSR count). The Morgan fingerprint density at radius 2 is 1.00 bits per heavy atom. The molecule has 0 aliphatic heterocycles. The minimum Gasteiger partial charge on any atom is -0.383 e. The summed E-state index contributed by atoms with van der Waals surface area (Å²) in [5, 5.41) is 26.1. The molecule has 4 aromatic carbocycles. The second-order valence-electron chi connectivity index (χ2n) is 12.6. The smallest absolute Gasteiger partial charge is 0.0660 e. The molecule has 4 aromatic rings. The van der Waals surface area contributed by atoms with Crippen molar-refractivity contribution in [3.63, 3.8) is 0 Å². The maximum Gasteiger partial charge on any atom is 0.0660 e. The molecule has 0 heterocycles. The third-order valence-corrected chi connectivity index (χ3v) is 8.78. The molecular formula is C41H50N6. The van der Waals surface area contributed by atoms with Gasteiger partial charge in [-0.3, -0.25) is 0 Å². The number of aryl methyl sites for hydroxylation is 4. The number of hydrogen-bond acceptors (Lipinski definition) is 6. The van der Waals surface area contributed by atoms with Gasteiger partial charge in [-0.2, -0.15) is 10.5 Å². The van der Waals surface area contributed by atoms with E-state index in [-0.39, 0.29) is 0 Å². The second-order valence-corrected chi connectivity index (χ2v) is 12.6. The fourth-order valence-electron chi connectivity index (χ4n) is 6.43. The summed E-state index contributed by atoms with van der Waals surface area (Å²) < 4.78 is 0. The predicted molar refractivity (Wildman–Crippen MR) is 201 cm³/mol. The molecular weight excluding hydrogens is 576 g/mol. The molecule has 6 nitrogen and oxygen atoms in total. The Morgan fingerprint density at radius 3 is 1.34 bits per heavy atom. The van der Waals surface area contributed by atoms with Gasteiger partial charge < -0.3 is 20.4 Å². The molecule has 2 N–H and O–H groups in total. The van der Waals surface area contributed by atoms with Crippen LogP contribution >= 0.6 is 0 Å². The van der Waals surface area contributed by atoms with Crippen molar-refractivity contribution in [3.8, 4) is 34.4 Å². The van der Waals surface area contributed by atoms with E-state index in [1.54, 1.807) is 0 Å². The molecule has 0 aromatic heterocycles. The van der Waals surface area contributed by atoms with Gasteiger partial charge in [0.2, 0.25) is 0 Å². The van der Waals surface area contributed by atoms with E-state index in [1.807, 2.05) is 0 Å². The lowest BCUT2D eigenvalue weighted by Gasteiger charge is -2.27. The van der Waals surface area contributed by atoms with E-state index in [1.165, 1.54) is 55.6 Å². The minimum absolute atomic E-state index is 0.495. The molecule has 0 saturated heterocycles. The fourth-order valence-corrected chi connectivity index (χ4v) is 6.43. The summed E-state index contributed by atoms with van der Waals surface area (Å²) in [4.78, 5) is 4.35. The average molecular weight is 627 g/mol. The SMILES string of the molecule is CCNc1c(N(C)C)ccc(Cc2ccc(N(C)C)c(NCC)c2-c2cc(CCC#N)ccc2C)c1-c1cc(CCC#N)ccc1C. The van der Waals surface area contributed by atoms with E-state index >= 15 is 0 Å². The van der Waals surface area contributed by atoms with Gasteiger partial charge in [-0.1, -0.05) is 48.5 Å². The Balaban J connectivity index is 2.05. The van der Waals surface area contributed by atoms with Gasteiger partial charge in [0.15, 0.2) is 0 Å². The highest BCUT2D eigenvalue weighted by molar-refractivity contribution is 5.94. The number of anilines is 4. The standard InChI is InChI=1S/C41H50N6/c1-9-44-40-36(46(5)6)21-19-32(38(40)34-25-30(13-11-23-42)17-15-28(34)3)27-33-20-22-37(47(7)8)41(45-10-2)39(33)35-26-31(14-12-24-43)18-16-29(35)4/h15-22,25-26,44-45H,9-14,27H2,1-8H3. The first kappa shape index (κ1) is 34.9. The van der Waals surface area contributed by atoms with Crippen molar-refractivity contribution in [1.29, 1.82) is 10.5 Å². The van der Waals surface area contributed by atoms with Crippen molar-refractivity contribution in [1.82, 2.24) is 0 Å². The Labute approximate surface area is 282 Å². The summed E-state index contributed by atoms with van der Waals surface area (Å²) in [5.74, 6) is 0. The molecule has 0 spiro atoms. The van der Waals surface area contributed by atoms with Crippen LogP contribution in [0.15, 0.2) is 60.7 Å². The first-order valence-corrected chi connectivity index (χ1v) is 16.7. The molecule has 0 aliphatic carbocycles. The maximum absolute atomic E-state index is 9.31. The Kier molecular flexibility index (Phi) is 11.9. The van der Waals surface area contributed by atoms with Crippen molar-refractivity contribution in [3.05, 3.63) is 94.0 Å². The van der Waals surface area contributed by atoms with Crippen molar-refractivity contribution in [2.75, 3.05) is 61.7 Å². The quantitative estimate of drug-likeness (QED) is 0.145. The van der Waals surface area contributed by atoms with Gasteiger partial charge in [0.1, 0.15) is 0 Å². The van der Waals surface area contributed by atoms with Crippen LogP contribution in [0.2, 0.25) is 0 Å². The van der Waals surface area contributed by atoms with Gasteiger partial charge in [-0.25, -0.2) is 0 Å². The number of nitrogens with zero attached hydrogens (tertiary/aromatic N) is 4. The maximum atomic E-state index is 9.31. The van der Waals surface area contributed by atoms with Crippen molar-refractivity contribution in [2.45, 2.75) is 59.8 Å². The molecule has 47 heavy (non-hydrogen) atoms. The number of nitriles is 2. The first-order chi connectivity index (χ1) is 22.6. The summed E-state index contributed by atoms with van der Waals surface area (Å²) in [5.41, 5.74) is 16.6. The van der Waals surface area contributed by atoms with Crippen LogP contribution in [0.4, 0.5) is 22.7 Å². The largest absolute Gasteiger partial charge is 0.383 e. The molecule has 0 aliphatic rings. The average Bonchev–Trinajstić information content (AvgIpc) is 3.04. The number of hydrogen-bond donors (Lipinski definition) is 2. The van der Waals surface area contributed by atoms with Crippen LogP contribution in [-0.2, 0) is 19.3 Å². The zero-order valence-corrected chi connectivity index (χ0v) is 29.5. The predicted octanol–water partition coefficient (Wildman–Crippen LogP) is 9.14. The molecule has 6 heteroatoms. The lowest BCUT2D eigenvalue weighted by atomic mass is 9.85. The highest BCUT2D eigenvalue weighted by Gasteiger charge is 2.23. The molecule has 0 atom stereocenters. The Morgan fingerprint density at radius 1 is 0.596 bits per heavy atom. The van der Waals surface area contributed by atoms with Crippen LogP contribution in [0, 0.1) is 36.5 Å². The number of nitrogens with one attached hydrogen (secondary N) is 2. The van der Waals surface area contributed by atoms with Crippen molar-refractivity contribution in [2.24, 2.45) is 0 Å². The van der Waals surface area contributed by atoms with Gasteiger partial charge in [0.05, 0.1) is 34.9 Å². The van der Waals surface area contributed by atoms with Gasteiger partial charge in [-0.05, 0) is 104 Å². The molecule has 0 bridgehead atoms. The number of rotatable bonds is 14. The first-order valence-electron chi connectivity index (χ1n) is 16.7. The normalized spacial score (nSPS) is 10.7. The van der Waals surface area contributed by atoms with E-state index < -0.39 is 0 Å². The van der Waals surface area contributed by atoms with Crippen molar-refractivity contribution >= 4 is 22.7 Å². The molecule has 0 amide bonds. The molecule has 0 radical (unpaired) electrons. The Hall–Kier alpha value is -4.94. The van der Waals surface area contributed by atoms with E-state index in [9.17, 15) is 10.5 Å². The van der Waals surface area contributed by atoms with Gasteiger partial charge in [-0.15, -0.1) is 0 Å². The summed E-state index contributed by atoms with van der Waals surface area (Å²) >= 11 is 0. The van der Waals surface area contributed by atoms with Gasteiger partial charge >= 0.3 is 0 Å². The van der Waals surface area contributed by atoms with Crippen LogP contribution in [0.5, 0.6) is 0 Å². The van der Waals surface area contributed by atoms with Gasteiger partial charge in [0, 0.05) is 65.2 Å². The highest BCUT2D eigenvalue weighted by atomic mass is 15.1. The van der Waals surface area contributed by atoms with Crippen LogP contribution in [0.1, 0.15) is 60.1 Å². The van der Waals surface area contributed by atoms with E-state index in [0.29, 0.717) is 12.8 Å². The summed E-state index contributed by atoms with van der Waals surface area (Å²) in [6.07, 6.45) is 3.18. The monoisotopic (exact) mass is 626 g/mol. The van der Waals surface area contributed by atoms with Crippen LogP contribution in [0.25, 0.3) is 22.3 Å². The third kappa shape index (κ3) is 7.90. The van der Waals surface area contributed by atoms with Gasteiger partial charge in [0.25, 0.3) is 0 Å². The summed E-state index contributed by atoms with van der Waals surface area (Å²) in [6.45, 7) is 10.3. The Bertz CT molecular complexity index is 1660.